The summed E-state index contributed by atoms with van der Waals surface area (Å²) >= 11 is 0. The fourth-order valence-electron chi connectivity index (χ4n) is 3.93. The Hall–Kier alpha value is -3.35. The van der Waals surface area contributed by atoms with Crippen molar-refractivity contribution in [3.63, 3.8) is 0 Å². The first-order valence-corrected chi connectivity index (χ1v) is 12.7. The van der Waals surface area contributed by atoms with Gasteiger partial charge in [0.15, 0.2) is 0 Å². The first-order chi connectivity index (χ1) is 16.3. The minimum absolute atomic E-state index is 0.0884. The number of nitrogens with one attached hydrogen (secondary N) is 1. The molecule has 0 bridgehead atoms. The summed E-state index contributed by atoms with van der Waals surface area (Å²) in [6.07, 6.45) is 3.53. The van der Waals surface area contributed by atoms with Crippen molar-refractivity contribution in [1.82, 2.24) is 4.31 Å². The number of anilines is 2. The molecule has 9 heteroatoms. The van der Waals surface area contributed by atoms with Crippen molar-refractivity contribution in [1.29, 1.82) is 5.26 Å². The summed E-state index contributed by atoms with van der Waals surface area (Å²) in [6, 6.07) is 13.7. The van der Waals surface area contributed by atoms with Crippen molar-refractivity contribution in [2.45, 2.75) is 31.6 Å². The third kappa shape index (κ3) is 5.58. The SMILES string of the molecule is CCN(CC)S(=O)(=O)c1ccc(N2CCCC2)c(NC(=O)C(C#N)=Cc2ccc(OC)cc2)c1. The molecule has 1 saturated heterocycles. The molecule has 34 heavy (non-hydrogen) atoms. The van der Waals surface area contributed by atoms with Gasteiger partial charge in [0.05, 0.1) is 23.4 Å². The van der Waals surface area contributed by atoms with Crippen LogP contribution in [-0.4, -0.2) is 51.9 Å². The molecular weight excluding hydrogens is 452 g/mol. The second kappa shape index (κ2) is 11.2. The van der Waals surface area contributed by atoms with E-state index in [9.17, 15) is 18.5 Å². The number of benzene rings is 2. The molecule has 2 aromatic rings. The number of carbonyl (C=O) groups is 1. The quantitative estimate of drug-likeness (QED) is 0.430. The van der Waals surface area contributed by atoms with Crippen molar-refractivity contribution in [2.24, 2.45) is 0 Å². The third-order valence-electron chi connectivity index (χ3n) is 5.80. The summed E-state index contributed by atoms with van der Waals surface area (Å²) in [4.78, 5) is 15.3. The molecule has 0 unspecified atom stereocenters. The molecule has 0 aliphatic carbocycles. The second-order valence-electron chi connectivity index (χ2n) is 7.86. The predicted molar refractivity (Wildman–Crippen MR) is 133 cm³/mol. The van der Waals surface area contributed by atoms with Crippen molar-refractivity contribution in [3.05, 3.63) is 53.6 Å². The van der Waals surface area contributed by atoms with Crippen LogP contribution in [0, 0.1) is 11.3 Å². The molecule has 1 amide bonds. The smallest absolute Gasteiger partial charge is 0.266 e. The van der Waals surface area contributed by atoms with Crippen molar-refractivity contribution < 1.29 is 17.9 Å². The molecule has 3 rings (SSSR count). The van der Waals surface area contributed by atoms with E-state index in [4.69, 9.17) is 4.74 Å². The van der Waals surface area contributed by atoms with Gasteiger partial charge in [-0.1, -0.05) is 26.0 Å². The molecule has 8 nitrogen and oxygen atoms in total. The zero-order valence-corrected chi connectivity index (χ0v) is 20.6. The lowest BCUT2D eigenvalue weighted by Gasteiger charge is -2.24. The number of methoxy groups -OCH3 is 1. The summed E-state index contributed by atoms with van der Waals surface area (Å²) in [5.74, 6) is 0.0674. The Morgan fingerprint density at radius 3 is 2.35 bits per heavy atom. The third-order valence-corrected chi connectivity index (χ3v) is 7.84. The summed E-state index contributed by atoms with van der Waals surface area (Å²) in [5, 5.41) is 12.4. The Morgan fingerprint density at radius 1 is 1.15 bits per heavy atom. The van der Waals surface area contributed by atoms with E-state index >= 15 is 0 Å². The van der Waals surface area contributed by atoms with Crippen molar-refractivity contribution in [2.75, 3.05) is 43.5 Å². The Balaban J connectivity index is 1.97. The molecular formula is C25H30N4O4S. The van der Waals surface area contributed by atoms with Crippen LogP contribution in [0.2, 0.25) is 0 Å². The Bertz CT molecular complexity index is 1190. The van der Waals surface area contributed by atoms with Gasteiger partial charge in [0.1, 0.15) is 17.4 Å². The Labute approximate surface area is 201 Å². The van der Waals surface area contributed by atoms with Crippen molar-refractivity contribution in [3.8, 4) is 11.8 Å². The summed E-state index contributed by atoms with van der Waals surface area (Å²) in [6.45, 7) is 5.89. The number of amides is 1. The average molecular weight is 483 g/mol. The molecule has 1 heterocycles. The molecule has 2 aromatic carbocycles. The minimum Gasteiger partial charge on any atom is -0.497 e. The molecule has 0 saturated carbocycles. The highest BCUT2D eigenvalue weighted by atomic mass is 32.2. The predicted octanol–water partition coefficient (Wildman–Crippen LogP) is 3.87. The lowest BCUT2D eigenvalue weighted by molar-refractivity contribution is -0.112. The zero-order chi connectivity index (χ0) is 24.7. The van der Waals surface area contributed by atoms with Gasteiger partial charge < -0.3 is 15.0 Å². The maximum absolute atomic E-state index is 13.1. The first-order valence-electron chi connectivity index (χ1n) is 11.3. The molecule has 0 radical (unpaired) electrons. The van der Waals surface area contributed by atoms with Crippen LogP contribution >= 0.6 is 0 Å². The van der Waals surface area contributed by atoms with Crippen LogP contribution in [0.5, 0.6) is 5.75 Å². The number of hydrogen-bond donors (Lipinski definition) is 1. The second-order valence-corrected chi connectivity index (χ2v) is 9.80. The molecule has 0 aromatic heterocycles. The number of nitriles is 1. The van der Waals surface area contributed by atoms with Gasteiger partial charge in [0, 0.05) is 26.2 Å². The van der Waals surface area contributed by atoms with Crippen LogP contribution in [-0.2, 0) is 14.8 Å². The summed E-state index contributed by atoms with van der Waals surface area (Å²) < 4.78 is 32.7. The standard InChI is InChI=1S/C25H30N4O4S/c1-4-29(5-2)34(31,32)22-12-13-24(28-14-6-7-15-28)23(17-22)27-25(30)20(18-26)16-19-8-10-21(33-3)11-9-19/h8-13,16-17H,4-7,14-15H2,1-3H3,(H,27,30). The van der Waals surface area contributed by atoms with E-state index < -0.39 is 15.9 Å². The molecule has 1 aliphatic rings. The molecule has 1 aliphatic heterocycles. The van der Waals surface area contributed by atoms with E-state index in [1.54, 1.807) is 57.4 Å². The van der Waals surface area contributed by atoms with Gasteiger partial charge in [0.25, 0.3) is 5.91 Å². The van der Waals surface area contributed by atoms with Crippen LogP contribution in [0.4, 0.5) is 11.4 Å². The maximum atomic E-state index is 13.1. The highest BCUT2D eigenvalue weighted by Crippen LogP contribution is 2.32. The number of ether oxygens (including phenoxy) is 1. The normalized spacial score (nSPS) is 14.2. The number of sulfonamides is 1. The Kier molecular flexibility index (Phi) is 8.31. The van der Waals surface area contributed by atoms with Gasteiger partial charge in [0.2, 0.25) is 10.0 Å². The number of rotatable bonds is 9. The molecule has 1 N–H and O–H groups in total. The highest BCUT2D eigenvalue weighted by Gasteiger charge is 2.25. The van der Waals surface area contributed by atoms with Crippen LogP contribution in [0.1, 0.15) is 32.3 Å². The Morgan fingerprint density at radius 2 is 1.79 bits per heavy atom. The van der Waals surface area contributed by atoms with Gasteiger partial charge in [-0.3, -0.25) is 4.79 Å². The van der Waals surface area contributed by atoms with Gasteiger partial charge in [-0.15, -0.1) is 0 Å². The average Bonchev–Trinajstić information content (AvgIpc) is 3.38. The van der Waals surface area contributed by atoms with Gasteiger partial charge in [-0.25, -0.2) is 8.42 Å². The summed E-state index contributed by atoms with van der Waals surface area (Å²) in [5.41, 5.74) is 1.70. The van der Waals surface area contributed by atoms with E-state index in [2.05, 4.69) is 10.2 Å². The molecule has 0 atom stereocenters. The van der Waals surface area contributed by atoms with E-state index in [1.807, 2.05) is 6.07 Å². The van der Waals surface area contributed by atoms with Crippen LogP contribution in [0.15, 0.2) is 52.9 Å². The lowest BCUT2D eigenvalue weighted by atomic mass is 10.1. The molecule has 0 spiro atoms. The number of hydrogen-bond acceptors (Lipinski definition) is 6. The van der Waals surface area contributed by atoms with Gasteiger partial charge >= 0.3 is 0 Å². The summed E-state index contributed by atoms with van der Waals surface area (Å²) in [7, 11) is -2.15. The number of nitrogens with zero attached hydrogens (tertiary/aromatic N) is 3. The highest BCUT2D eigenvalue weighted by molar-refractivity contribution is 7.89. The van der Waals surface area contributed by atoms with E-state index in [-0.39, 0.29) is 10.5 Å². The van der Waals surface area contributed by atoms with Gasteiger partial charge in [-0.2, -0.15) is 9.57 Å². The molecule has 1 fully saturated rings. The fourth-order valence-corrected chi connectivity index (χ4v) is 5.41. The van der Waals surface area contributed by atoms with E-state index in [0.29, 0.717) is 30.1 Å². The zero-order valence-electron chi connectivity index (χ0n) is 19.7. The fraction of sp³-hybridized carbons (Fsp3) is 0.360. The number of carbonyl (C=O) groups excluding carboxylic acids is 1. The topological polar surface area (TPSA) is 103 Å². The first kappa shape index (κ1) is 25.3. The maximum Gasteiger partial charge on any atom is 0.266 e. The molecule has 180 valence electrons. The van der Waals surface area contributed by atoms with Gasteiger partial charge in [-0.05, 0) is 54.8 Å². The van der Waals surface area contributed by atoms with Crippen molar-refractivity contribution >= 4 is 33.4 Å². The lowest BCUT2D eigenvalue weighted by Crippen LogP contribution is -2.31. The minimum atomic E-state index is -3.71. The monoisotopic (exact) mass is 482 g/mol. The van der Waals surface area contributed by atoms with E-state index in [0.717, 1.165) is 31.6 Å². The van der Waals surface area contributed by atoms with Crippen LogP contribution < -0.4 is 15.0 Å². The van der Waals surface area contributed by atoms with E-state index in [1.165, 1.54) is 16.4 Å². The van der Waals surface area contributed by atoms with Crippen LogP contribution in [0.25, 0.3) is 6.08 Å². The van der Waals surface area contributed by atoms with Crippen LogP contribution in [0.3, 0.4) is 0 Å². The largest absolute Gasteiger partial charge is 0.497 e.